The summed E-state index contributed by atoms with van der Waals surface area (Å²) in [5, 5.41) is 10.5. The van der Waals surface area contributed by atoms with Crippen LogP contribution in [0.1, 0.15) is 49.8 Å². The van der Waals surface area contributed by atoms with Crippen LogP contribution in [0.2, 0.25) is 0 Å². The van der Waals surface area contributed by atoms with Crippen LogP contribution < -0.4 is 0 Å². The van der Waals surface area contributed by atoms with Gasteiger partial charge in [-0.3, -0.25) is 0 Å². The number of aliphatic hydroxyl groups excluding tert-OH is 1. The first-order valence-electron chi connectivity index (χ1n) is 8.29. The Morgan fingerprint density at radius 1 is 1.46 bits per heavy atom. The molecule has 1 N–H and O–H groups in total. The van der Waals surface area contributed by atoms with Gasteiger partial charge in [0.1, 0.15) is 11.4 Å². The molecule has 1 aliphatic rings. The molecule has 1 amide bonds. The Labute approximate surface area is 147 Å². The smallest absolute Gasteiger partial charge is 0.410 e. The first kappa shape index (κ1) is 18.8. The van der Waals surface area contributed by atoms with Crippen molar-refractivity contribution < 1.29 is 19.4 Å². The minimum atomic E-state index is -0.599. The van der Waals surface area contributed by atoms with Crippen molar-refractivity contribution in [3.63, 3.8) is 0 Å². The number of piperidine rings is 1. The monoisotopic (exact) mass is 353 g/mol. The Hall–Kier alpha value is -1.53. The van der Waals surface area contributed by atoms with Crippen molar-refractivity contribution in [2.24, 2.45) is 0 Å². The van der Waals surface area contributed by atoms with Crippen LogP contribution in [0.5, 0.6) is 0 Å². The number of hydrogen-bond donors (Lipinski definition) is 1. The zero-order valence-electron chi connectivity index (χ0n) is 14.9. The Balaban J connectivity index is 1.99. The van der Waals surface area contributed by atoms with Gasteiger partial charge in [0, 0.05) is 17.3 Å². The predicted molar refractivity (Wildman–Crippen MR) is 96.2 cm³/mol. The molecule has 2 heterocycles. The first-order chi connectivity index (χ1) is 11.2. The molecule has 2 atom stereocenters. The van der Waals surface area contributed by atoms with Crippen LogP contribution in [-0.2, 0) is 9.47 Å². The van der Waals surface area contributed by atoms with Gasteiger partial charge >= 0.3 is 6.09 Å². The van der Waals surface area contributed by atoms with Crippen LogP contribution in [0, 0.1) is 0 Å². The van der Waals surface area contributed by atoms with Gasteiger partial charge < -0.3 is 19.5 Å². The molecular formula is C18H27NO4S. The molecule has 1 saturated heterocycles. The lowest BCUT2D eigenvalue weighted by molar-refractivity contribution is -0.00119. The number of nitrogens with zero attached hydrogens (tertiary/aromatic N) is 1. The van der Waals surface area contributed by atoms with Crippen molar-refractivity contribution in [2.45, 2.75) is 51.7 Å². The molecule has 0 saturated carbocycles. The highest BCUT2D eigenvalue weighted by molar-refractivity contribution is 7.13. The highest BCUT2D eigenvalue weighted by Crippen LogP contribution is 2.35. The summed E-state index contributed by atoms with van der Waals surface area (Å²) in [7, 11) is 0. The van der Waals surface area contributed by atoms with Crippen molar-refractivity contribution in [3.8, 4) is 0 Å². The van der Waals surface area contributed by atoms with Gasteiger partial charge in [0.05, 0.1) is 24.1 Å². The average molecular weight is 353 g/mol. The second-order valence-electron chi connectivity index (χ2n) is 6.95. The quantitative estimate of drug-likeness (QED) is 0.836. The molecule has 24 heavy (non-hydrogen) atoms. The van der Waals surface area contributed by atoms with E-state index >= 15 is 0 Å². The van der Waals surface area contributed by atoms with E-state index < -0.39 is 11.7 Å². The van der Waals surface area contributed by atoms with Crippen molar-refractivity contribution in [1.82, 2.24) is 4.90 Å². The van der Waals surface area contributed by atoms with Gasteiger partial charge in [0.25, 0.3) is 0 Å². The van der Waals surface area contributed by atoms with Crippen LogP contribution in [0.3, 0.4) is 0 Å². The summed E-state index contributed by atoms with van der Waals surface area (Å²) in [6, 6.07) is 3.99. The van der Waals surface area contributed by atoms with Crippen LogP contribution in [0.4, 0.5) is 4.79 Å². The van der Waals surface area contributed by atoms with E-state index in [1.54, 1.807) is 16.2 Å². The lowest BCUT2D eigenvalue weighted by Crippen LogP contribution is -2.47. The first-order valence-corrected chi connectivity index (χ1v) is 9.10. The van der Waals surface area contributed by atoms with E-state index in [1.165, 1.54) is 0 Å². The summed E-state index contributed by atoms with van der Waals surface area (Å²) in [6.45, 7) is 12.8. The van der Waals surface area contributed by atoms with Crippen LogP contribution in [0.25, 0.3) is 5.76 Å². The molecule has 6 heteroatoms. The molecule has 5 nitrogen and oxygen atoms in total. The van der Waals surface area contributed by atoms with Crippen LogP contribution in [-0.4, -0.2) is 47.5 Å². The standard InChI is InChI=1S/C18H27NO4S/c1-6-22-12(2)15-7-8-16(24-15)13-9-10-19(11-14(13)20)17(21)23-18(3,4)5/h7-8,13-14,20H,2,6,9-11H2,1,3-5H3. The number of aliphatic hydroxyl groups is 1. The number of amides is 1. The average Bonchev–Trinajstić information content (AvgIpc) is 2.95. The lowest BCUT2D eigenvalue weighted by Gasteiger charge is -2.36. The second-order valence-corrected chi connectivity index (χ2v) is 8.06. The molecule has 1 fully saturated rings. The SMILES string of the molecule is C=C(OCC)c1ccc(C2CCN(C(=O)OC(C)(C)C)CC2O)s1. The van der Waals surface area contributed by atoms with Gasteiger partial charge in [-0.05, 0) is 46.2 Å². The summed E-state index contributed by atoms with van der Waals surface area (Å²) >= 11 is 1.59. The van der Waals surface area contributed by atoms with E-state index in [1.807, 2.05) is 39.8 Å². The molecular weight excluding hydrogens is 326 g/mol. The summed E-state index contributed by atoms with van der Waals surface area (Å²) < 4.78 is 10.8. The molecule has 1 aromatic rings. The highest BCUT2D eigenvalue weighted by atomic mass is 32.1. The van der Waals surface area contributed by atoms with Crippen molar-refractivity contribution in [3.05, 3.63) is 28.5 Å². The molecule has 134 valence electrons. The van der Waals surface area contributed by atoms with Gasteiger partial charge in [0.2, 0.25) is 0 Å². The zero-order valence-corrected chi connectivity index (χ0v) is 15.7. The van der Waals surface area contributed by atoms with Crippen LogP contribution >= 0.6 is 11.3 Å². The Bertz CT molecular complexity index is 590. The minimum absolute atomic E-state index is 0.0249. The summed E-state index contributed by atoms with van der Waals surface area (Å²) in [5.74, 6) is 0.686. The van der Waals surface area contributed by atoms with Crippen molar-refractivity contribution in [2.75, 3.05) is 19.7 Å². The summed E-state index contributed by atoms with van der Waals surface area (Å²) in [6.07, 6.45) is -0.253. The zero-order chi connectivity index (χ0) is 17.9. The minimum Gasteiger partial charge on any atom is -0.493 e. The molecule has 2 unspecified atom stereocenters. The van der Waals surface area contributed by atoms with Crippen molar-refractivity contribution >= 4 is 23.2 Å². The van der Waals surface area contributed by atoms with E-state index in [2.05, 4.69) is 6.58 Å². The Morgan fingerprint density at radius 3 is 2.75 bits per heavy atom. The van der Waals surface area contributed by atoms with Crippen LogP contribution in [0.15, 0.2) is 18.7 Å². The fourth-order valence-electron chi connectivity index (χ4n) is 2.70. The number of hydrogen-bond acceptors (Lipinski definition) is 5. The number of carbonyl (C=O) groups is 1. The number of rotatable bonds is 4. The Morgan fingerprint density at radius 2 is 2.17 bits per heavy atom. The molecule has 1 aliphatic heterocycles. The van der Waals surface area contributed by atoms with Crippen molar-refractivity contribution in [1.29, 1.82) is 0 Å². The number of carbonyl (C=O) groups excluding carboxylic acids is 1. The predicted octanol–water partition coefficient (Wildman–Crippen LogP) is 3.84. The van der Waals surface area contributed by atoms with Gasteiger partial charge in [-0.15, -0.1) is 11.3 Å². The highest BCUT2D eigenvalue weighted by Gasteiger charge is 2.34. The van der Waals surface area contributed by atoms with E-state index in [-0.39, 0.29) is 12.0 Å². The second kappa shape index (κ2) is 7.57. The normalized spacial score (nSPS) is 21.5. The number of ether oxygens (including phenoxy) is 2. The largest absolute Gasteiger partial charge is 0.493 e. The number of likely N-dealkylation sites (tertiary alicyclic amines) is 1. The van der Waals surface area contributed by atoms with E-state index in [4.69, 9.17) is 9.47 Å². The molecule has 2 rings (SSSR count). The molecule has 0 bridgehead atoms. The molecule has 0 radical (unpaired) electrons. The third-order valence-corrected chi connectivity index (χ3v) is 5.08. The van der Waals surface area contributed by atoms with Gasteiger partial charge in [-0.1, -0.05) is 6.58 Å². The van der Waals surface area contributed by atoms with E-state index in [9.17, 15) is 9.90 Å². The van der Waals surface area contributed by atoms with E-state index in [0.717, 1.165) is 9.75 Å². The number of β-amino-alcohol motifs (C(OH)–C–C–N with tert-alkyl or cyclic N) is 1. The number of thiophene rings is 1. The lowest BCUT2D eigenvalue weighted by atomic mass is 9.92. The Kier molecular flexibility index (Phi) is 5.93. The topological polar surface area (TPSA) is 59.0 Å². The van der Waals surface area contributed by atoms with E-state index in [0.29, 0.717) is 31.9 Å². The molecule has 0 aliphatic carbocycles. The fourth-order valence-corrected chi connectivity index (χ4v) is 3.83. The summed E-state index contributed by atoms with van der Waals surface area (Å²) in [4.78, 5) is 15.8. The van der Waals surface area contributed by atoms with Gasteiger partial charge in [-0.25, -0.2) is 4.79 Å². The molecule has 0 spiro atoms. The molecule has 0 aromatic carbocycles. The third kappa shape index (κ3) is 4.74. The third-order valence-electron chi connectivity index (χ3n) is 3.82. The molecule has 1 aromatic heterocycles. The fraction of sp³-hybridized carbons (Fsp3) is 0.611. The summed E-state index contributed by atoms with van der Waals surface area (Å²) in [5.41, 5.74) is -0.527. The van der Waals surface area contributed by atoms with Gasteiger partial charge in [-0.2, -0.15) is 0 Å². The van der Waals surface area contributed by atoms with Gasteiger partial charge in [0.15, 0.2) is 0 Å². The maximum absolute atomic E-state index is 12.1. The maximum atomic E-state index is 12.1. The maximum Gasteiger partial charge on any atom is 0.410 e.